The Morgan fingerprint density at radius 1 is 0.897 bits per heavy atom. The van der Waals surface area contributed by atoms with E-state index in [0.717, 1.165) is 11.5 Å². The van der Waals surface area contributed by atoms with Crippen LogP contribution in [0.2, 0.25) is 0 Å². The lowest BCUT2D eigenvalue weighted by atomic mass is 10.1. The molecule has 148 valence electrons. The minimum absolute atomic E-state index is 0.394. The van der Waals surface area contributed by atoms with E-state index in [1.807, 2.05) is 55.5 Å². The van der Waals surface area contributed by atoms with Gasteiger partial charge in [0.25, 0.3) is 11.7 Å². The number of carbonyl (C=O) groups is 2. The molecule has 1 amide bonds. The predicted octanol–water partition coefficient (Wildman–Crippen LogP) is 2.42. The second kappa shape index (κ2) is 7.87. The standard InChI is InChI=1S/C22H23N5O2/c1-16-20(17(2)27(24-16)18-8-4-3-5-9-18)21(28)22(29)26-14-12-25(13-15-26)19-10-6-7-11-23-19/h3-11H,12-15H2,1-2H3. The third-order valence-electron chi connectivity index (χ3n) is 5.25. The van der Waals surface area contributed by atoms with Gasteiger partial charge in [0.2, 0.25) is 0 Å². The molecule has 1 fully saturated rings. The van der Waals surface area contributed by atoms with Crippen LogP contribution in [0.4, 0.5) is 5.82 Å². The van der Waals surface area contributed by atoms with Crippen LogP contribution in [0, 0.1) is 13.8 Å². The van der Waals surface area contributed by atoms with Crippen LogP contribution >= 0.6 is 0 Å². The number of nitrogens with zero attached hydrogens (tertiary/aromatic N) is 5. The Morgan fingerprint density at radius 3 is 2.24 bits per heavy atom. The maximum Gasteiger partial charge on any atom is 0.295 e. The number of aromatic nitrogens is 3. The Bertz CT molecular complexity index is 1020. The highest BCUT2D eigenvalue weighted by Gasteiger charge is 2.31. The van der Waals surface area contributed by atoms with Crippen molar-refractivity contribution in [2.45, 2.75) is 13.8 Å². The Balaban J connectivity index is 1.49. The largest absolute Gasteiger partial charge is 0.353 e. The summed E-state index contributed by atoms with van der Waals surface area (Å²) in [7, 11) is 0. The third kappa shape index (κ3) is 3.63. The fraction of sp³-hybridized carbons (Fsp3) is 0.273. The third-order valence-corrected chi connectivity index (χ3v) is 5.25. The number of hydrogen-bond acceptors (Lipinski definition) is 5. The van der Waals surface area contributed by atoms with E-state index in [1.54, 1.807) is 22.7 Å². The van der Waals surface area contributed by atoms with E-state index < -0.39 is 11.7 Å². The number of rotatable bonds is 4. The van der Waals surface area contributed by atoms with Crippen LogP contribution in [-0.4, -0.2) is 57.5 Å². The first-order chi connectivity index (χ1) is 14.1. The van der Waals surface area contributed by atoms with Gasteiger partial charge in [-0.2, -0.15) is 5.10 Å². The van der Waals surface area contributed by atoms with Crippen LogP contribution in [0.5, 0.6) is 0 Å². The molecule has 0 bridgehead atoms. The summed E-state index contributed by atoms with van der Waals surface area (Å²) in [5, 5.41) is 4.49. The number of amides is 1. The van der Waals surface area contributed by atoms with E-state index in [0.29, 0.717) is 43.1 Å². The van der Waals surface area contributed by atoms with Crippen LogP contribution in [-0.2, 0) is 4.79 Å². The average Bonchev–Trinajstić information content (AvgIpc) is 3.08. The number of ketones is 1. The maximum absolute atomic E-state index is 13.0. The van der Waals surface area contributed by atoms with Gasteiger partial charge < -0.3 is 9.80 Å². The van der Waals surface area contributed by atoms with Crippen LogP contribution in [0.15, 0.2) is 54.7 Å². The Hall–Kier alpha value is -3.48. The van der Waals surface area contributed by atoms with Gasteiger partial charge in [0.05, 0.1) is 22.6 Å². The molecule has 0 radical (unpaired) electrons. The van der Waals surface area contributed by atoms with Crippen LogP contribution in [0.1, 0.15) is 21.7 Å². The number of carbonyl (C=O) groups excluding carboxylic acids is 2. The highest BCUT2D eigenvalue weighted by atomic mass is 16.2. The SMILES string of the molecule is Cc1nn(-c2ccccc2)c(C)c1C(=O)C(=O)N1CCN(c2ccccn2)CC1. The van der Waals surface area contributed by atoms with Crippen molar-refractivity contribution >= 4 is 17.5 Å². The van der Waals surface area contributed by atoms with Gasteiger partial charge in [-0.05, 0) is 38.1 Å². The number of Topliss-reactive ketones (excluding diaryl/α,β-unsaturated/α-hetero) is 1. The minimum Gasteiger partial charge on any atom is -0.353 e. The molecule has 0 unspecified atom stereocenters. The van der Waals surface area contributed by atoms with Crippen molar-refractivity contribution in [2.75, 3.05) is 31.1 Å². The number of aryl methyl sites for hydroxylation is 1. The van der Waals surface area contributed by atoms with Crippen molar-refractivity contribution in [1.82, 2.24) is 19.7 Å². The van der Waals surface area contributed by atoms with E-state index >= 15 is 0 Å². The van der Waals surface area contributed by atoms with E-state index in [2.05, 4.69) is 15.0 Å². The number of pyridine rings is 1. The maximum atomic E-state index is 13.0. The molecule has 0 aliphatic carbocycles. The molecule has 7 heteroatoms. The van der Waals surface area contributed by atoms with Crippen LogP contribution in [0.25, 0.3) is 5.69 Å². The summed E-state index contributed by atoms with van der Waals surface area (Å²) in [6.07, 6.45) is 1.76. The monoisotopic (exact) mass is 389 g/mol. The summed E-state index contributed by atoms with van der Waals surface area (Å²) in [6.45, 7) is 5.88. The van der Waals surface area contributed by atoms with Crippen LogP contribution in [0.3, 0.4) is 0 Å². The highest BCUT2D eigenvalue weighted by molar-refractivity contribution is 6.43. The molecule has 1 saturated heterocycles. The summed E-state index contributed by atoms with van der Waals surface area (Å²) in [6, 6.07) is 15.4. The number of hydrogen-bond donors (Lipinski definition) is 0. The molecule has 4 rings (SSSR count). The second-order valence-electron chi connectivity index (χ2n) is 7.09. The number of para-hydroxylation sites is 1. The lowest BCUT2D eigenvalue weighted by Gasteiger charge is -2.35. The van der Waals surface area contributed by atoms with Crippen LogP contribution < -0.4 is 4.90 Å². The van der Waals surface area contributed by atoms with Crippen molar-refractivity contribution in [3.05, 3.63) is 71.7 Å². The lowest BCUT2D eigenvalue weighted by Crippen LogP contribution is -2.51. The molecule has 29 heavy (non-hydrogen) atoms. The molecule has 0 spiro atoms. The fourth-order valence-corrected chi connectivity index (χ4v) is 3.72. The summed E-state index contributed by atoms with van der Waals surface area (Å²) >= 11 is 0. The fourth-order valence-electron chi connectivity index (χ4n) is 3.72. The number of anilines is 1. The molecule has 3 heterocycles. The Kier molecular flexibility index (Phi) is 5.12. The van der Waals surface area contributed by atoms with Gasteiger partial charge in [0, 0.05) is 32.4 Å². The first-order valence-corrected chi connectivity index (χ1v) is 9.67. The van der Waals surface area contributed by atoms with Gasteiger partial charge in [-0.3, -0.25) is 9.59 Å². The quantitative estimate of drug-likeness (QED) is 0.506. The highest BCUT2D eigenvalue weighted by Crippen LogP contribution is 2.20. The topological polar surface area (TPSA) is 71.3 Å². The molecule has 2 aromatic heterocycles. The molecule has 0 N–H and O–H groups in total. The first kappa shape index (κ1) is 18.9. The molecule has 7 nitrogen and oxygen atoms in total. The Morgan fingerprint density at radius 2 is 1.59 bits per heavy atom. The molecule has 1 aliphatic heterocycles. The predicted molar refractivity (Wildman–Crippen MR) is 110 cm³/mol. The van der Waals surface area contributed by atoms with E-state index in [1.165, 1.54) is 0 Å². The zero-order valence-electron chi connectivity index (χ0n) is 16.6. The molecular formula is C22H23N5O2. The summed E-state index contributed by atoms with van der Waals surface area (Å²) in [5.74, 6) is -0.0697. The molecule has 0 atom stereocenters. The van der Waals surface area contributed by atoms with Gasteiger partial charge in [0.15, 0.2) is 0 Å². The van der Waals surface area contributed by atoms with E-state index in [-0.39, 0.29) is 0 Å². The molecule has 0 saturated carbocycles. The van der Waals surface area contributed by atoms with Gasteiger partial charge in [-0.25, -0.2) is 9.67 Å². The van der Waals surface area contributed by atoms with E-state index in [4.69, 9.17) is 0 Å². The summed E-state index contributed by atoms with van der Waals surface area (Å²) in [4.78, 5) is 34.0. The zero-order chi connectivity index (χ0) is 20.4. The second-order valence-corrected chi connectivity index (χ2v) is 7.09. The minimum atomic E-state index is -0.492. The molecular weight excluding hydrogens is 366 g/mol. The van der Waals surface area contributed by atoms with Gasteiger partial charge in [-0.15, -0.1) is 0 Å². The van der Waals surface area contributed by atoms with Gasteiger partial charge in [0.1, 0.15) is 5.82 Å². The van der Waals surface area contributed by atoms with Crippen molar-refractivity contribution in [3.63, 3.8) is 0 Å². The summed E-state index contributed by atoms with van der Waals surface area (Å²) in [5.41, 5.74) is 2.51. The lowest BCUT2D eigenvalue weighted by molar-refractivity contribution is -0.126. The van der Waals surface area contributed by atoms with Crippen molar-refractivity contribution in [2.24, 2.45) is 0 Å². The Labute approximate surface area is 169 Å². The smallest absolute Gasteiger partial charge is 0.295 e. The first-order valence-electron chi connectivity index (χ1n) is 9.67. The zero-order valence-corrected chi connectivity index (χ0v) is 16.6. The number of benzene rings is 1. The molecule has 1 aromatic carbocycles. The molecule has 3 aromatic rings. The molecule has 1 aliphatic rings. The van der Waals surface area contributed by atoms with Gasteiger partial charge >= 0.3 is 0 Å². The van der Waals surface area contributed by atoms with Crippen molar-refractivity contribution in [3.8, 4) is 5.69 Å². The van der Waals surface area contributed by atoms with Crippen molar-refractivity contribution in [1.29, 1.82) is 0 Å². The summed E-state index contributed by atoms with van der Waals surface area (Å²) < 4.78 is 1.72. The average molecular weight is 389 g/mol. The normalized spacial score (nSPS) is 14.1. The van der Waals surface area contributed by atoms with Gasteiger partial charge in [-0.1, -0.05) is 24.3 Å². The number of piperazine rings is 1. The van der Waals surface area contributed by atoms with E-state index in [9.17, 15) is 9.59 Å². The van der Waals surface area contributed by atoms with Crippen molar-refractivity contribution < 1.29 is 9.59 Å².